The van der Waals surface area contributed by atoms with Crippen molar-refractivity contribution in [2.75, 3.05) is 4.72 Å². The van der Waals surface area contributed by atoms with Gasteiger partial charge in [0, 0.05) is 17.7 Å². The molecular formula is C22H18N2O3S2. The number of hydrogen-bond acceptors (Lipinski definition) is 5. The average molecular weight is 423 g/mol. The fourth-order valence-electron chi connectivity index (χ4n) is 2.96. The van der Waals surface area contributed by atoms with Crippen LogP contribution in [0, 0.1) is 0 Å². The number of rotatable bonds is 6. The van der Waals surface area contributed by atoms with Crippen LogP contribution in [-0.4, -0.2) is 19.2 Å². The fourth-order valence-corrected chi connectivity index (χ4v) is 5.06. The highest BCUT2D eigenvalue weighted by Gasteiger charge is 2.15. The SMILES string of the molecule is CC(=O)c1cccc(S(=O)(=O)Nc2ccc(Cc3nc4ccccc4s3)cc2)c1. The Labute approximate surface area is 173 Å². The van der Waals surface area contributed by atoms with Crippen molar-refractivity contribution in [2.24, 2.45) is 0 Å². The Balaban J connectivity index is 1.50. The molecule has 1 heterocycles. The third kappa shape index (κ3) is 4.36. The Morgan fingerprint density at radius 1 is 1.00 bits per heavy atom. The zero-order chi connectivity index (χ0) is 20.4. The minimum absolute atomic E-state index is 0.0590. The molecule has 0 radical (unpaired) electrons. The number of carbonyl (C=O) groups is 1. The van der Waals surface area contributed by atoms with Gasteiger partial charge < -0.3 is 0 Å². The maximum Gasteiger partial charge on any atom is 0.261 e. The normalized spacial score (nSPS) is 11.5. The lowest BCUT2D eigenvalue weighted by atomic mass is 10.1. The molecule has 0 amide bonds. The minimum atomic E-state index is -3.77. The molecule has 0 saturated heterocycles. The molecule has 3 aromatic carbocycles. The molecule has 29 heavy (non-hydrogen) atoms. The highest BCUT2D eigenvalue weighted by molar-refractivity contribution is 7.92. The number of fused-ring (bicyclic) bond motifs is 1. The molecule has 0 aliphatic carbocycles. The number of nitrogens with one attached hydrogen (secondary N) is 1. The van der Waals surface area contributed by atoms with Crippen molar-refractivity contribution in [3.8, 4) is 0 Å². The quantitative estimate of drug-likeness (QED) is 0.449. The molecule has 4 aromatic rings. The van der Waals surface area contributed by atoms with Crippen LogP contribution in [0.25, 0.3) is 10.2 Å². The summed E-state index contributed by atoms with van der Waals surface area (Å²) in [5.74, 6) is -0.179. The Kier molecular flexibility index (Phi) is 5.17. The molecule has 0 saturated carbocycles. The zero-order valence-corrected chi connectivity index (χ0v) is 17.3. The molecule has 5 nitrogen and oxygen atoms in total. The first-order valence-electron chi connectivity index (χ1n) is 8.98. The number of aromatic nitrogens is 1. The highest BCUT2D eigenvalue weighted by atomic mass is 32.2. The molecule has 146 valence electrons. The Hall–Kier alpha value is -3.03. The van der Waals surface area contributed by atoms with Crippen LogP contribution in [0.2, 0.25) is 0 Å². The van der Waals surface area contributed by atoms with Crippen LogP contribution in [0.4, 0.5) is 5.69 Å². The van der Waals surface area contributed by atoms with Crippen molar-refractivity contribution in [3.63, 3.8) is 0 Å². The van der Waals surface area contributed by atoms with Crippen LogP contribution >= 0.6 is 11.3 Å². The molecule has 0 fully saturated rings. The van der Waals surface area contributed by atoms with Crippen molar-refractivity contribution >= 4 is 43.0 Å². The van der Waals surface area contributed by atoms with Crippen LogP contribution in [0.1, 0.15) is 27.9 Å². The predicted octanol–water partition coefficient (Wildman–Crippen LogP) is 4.89. The van der Waals surface area contributed by atoms with Gasteiger partial charge in [-0.3, -0.25) is 9.52 Å². The molecular weight excluding hydrogens is 404 g/mol. The van der Waals surface area contributed by atoms with Gasteiger partial charge in [-0.15, -0.1) is 11.3 Å². The van der Waals surface area contributed by atoms with E-state index < -0.39 is 10.0 Å². The van der Waals surface area contributed by atoms with Crippen LogP contribution < -0.4 is 4.72 Å². The number of Topliss-reactive ketones (excluding diaryl/α,β-unsaturated/α-hetero) is 1. The second kappa shape index (κ2) is 7.77. The van der Waals surface area contributed by atoms with Gasteiger partial charge in [0.15, 0.2) is 5.78 Å². The van der Waals surface area contributed by atoms with Gasteiger partial charge in [0.05, 0.1) is 20.1 Å². The van der Waals surface area contributed by atoms with Gasteiger partial charge in [-0.1, -0.05) is 36.4 Å². The molecule has 1 N–H and O–H groups in total. The maximum absolute atomic E-state index is 12.6. The monoisotopic (exact) mass is 422 g/mol. The molecule has 0 unspecified atom stereocenters. The van der Waals surface area contributed by atoms with Gasteiger partial charge in [0.1, 0.15) is 0 Å². The van der Waals surface area contributed by atoms with E-state index in [0.29, 0.717) is 17.7 Å². The second-order valence-corrected chi connectivity index (χ2v) is 9.44. The van der Waals surface area contributed by atoms with E-state index in [-0.39, 0.29) is 10.7 Å². The summed E-state index contributed by atoms with van der Waals surface area (Å²) < 4.78 is 29.0. The molecule has 0 atom stereocenters. The van der Waals surface area contributed by atoms with E-state index in [1.807, 2.05) is 30.3 Å². The Morgan fingerprint density at radius 3 is 2.48 bits per heavy atom. The fraction of sp³-hybridized carbons (Fsp3) is 0.0909. The number of thiazole rings is 1. The van der Waals surface area contributed by atoms with Crippen molar-refractivity contribution in [2.45, 2.75) is 18.2 Å². The van der Waals surface area contributed by atoms with Crippen molar-refractivity contribution in [1.29, 1.82) is 0 Å². The van der Waals surface area contributed by atoms with E-state index in [0.717, 1.165) is 20.8 Å². The number of para-hydroxylation sites is 1. The molecule has 0 aliphatic rings. The van der Waals surface area contributed by atoms with Gasteiger partial charge in [0.2, 0.25) is 0 Å². The van der Waals surface area contributed by atoms with Crippen molar-refractivity contribution < 1.29 is 13.2 Å². The van der Waals surface area contributed by atoms with E-state index in [9.17, 15) is 13.2 Å². The number of nitrogens with zero attached hydrogens (tertiary/aromatic N) is 1. The number of sulfonamides is 1. The molecule has 0 aliphatic heterocycles. The topological polar surface area (TPSA) is 76.1 Å². The van der Waals surface area contributed by atoms with Gasteiger partial charge >= 0.3 is 0 Å². The van der Waals surface area contributed by atoms with Crippen LogP contribution in [-0.2, 0) is 16.4 Å². The first-order valence-corrected chi connectivity index (χ1v) is 11.3. The largest absolute Gasteiger partial charge is 0.295 e. The summed E-state index contributed by atoms with van der Waals surface area (Å²) in [6.07, 6.45) is 0.688. The van der Waals surface area contributed by atoms with E-state index >= 15 is 0 Å². The number of benzene rings is 3. The summed E-state index contributed by atoms with van der Waals surface area (Å²) in [6, 6.07) is 21.3. The lowest BCUT2D eigenvalue weighted by Crippen LogP contribution is -2.13. The third-order valence-electron chi connectivity index (χ3n) is 4.45. The lowest BCUT2D eigenvalue weighted by molar-refractivity contribution is 0.101. The van der Waals surface area contributed by atoms with Crippen LogP contribution in [0.3, 0.4) is 0 Å². The average Bonchev–Trinajstić information content (AvgIpc) is 3.11. The van der Waals surface area contributed by atoms with Crippen LogP contribution in [0.15, 0.2) is 77.7 Å². The number of hydrogen-bond donors (Lipinski definition) is 1. The summed E-state index contributed by atoms with van der Waals surface area (Å²) in [4.78, 5) is 16.2. The second-order valence-electron chi connectivity index (χ2n) is 6.64. The van der Waals surface area contributed by atoms with Gasteiger partial charge in [-0.05, 0) is 48.9 Å². The highest BCUT2D eigenvalue weighted by Crippen LogP contribution is 2.24. The molecule has 0 bridgehead atoms. The number of ketones is 1. The minimum Gasteiger partial charge on any atom is -0.295 e. The molecule has 0 spiro atoms. The number of anilines is 1. The van der Waals surface area contributed by atoms with Crippen molar-refractivity contribution in [3.05, 3.63) is 88.9 Å². The summed E-state index contributed by atoms with van der Waals surface area (Å²) in [5, 5.41) is 1.01. The van der Waals surface area contributed by atoms with E-state index in [1.54, 1.807) is 35.6 Å². The van der Waals surface area contributed by atoms with E-state index in [4.69, 9.17) is 0 Å². The maximum atomic E-state index is 12.6. The molecule has 1 aromatic heterocycles. The Morgan fingerprint density at radius 2 is 1.76 bits per heavy atom. The first-order chi connectivity index (χ1) is 13.9. The standard InChI is InChI=1S/C22H18N2O3S2/c1-15(25)17-5-4-6-19(14-17)29(26,27)24-18-11-9-16(10-12-18)13-22-23-20-7-2-3-8-21(20)28-22/h2-12,14,24H,13H2,1H3. The van der Waals surface area contributed by atoms with Gasteiger partial charge in [-0.25, -0.2) is 13.4 Å². The molecule has 4 rings (SSSR count). The summed E-state index contributed by atoms with van der Waals surface area (Å²) in [6.45, 7) is 1.41. The summed E-state index contributed by atoms with van der Waals surface area (Å²) >= 11 is 1.66. The van der Waals surface area contributed by atoms with Gasteiger partial charge in [0.25, 0.3) is 10.0 Å². The van der Waals surface area contributed by atoms with Gasteiger partial charge in [-0.2, -0.15) is 0 Å². The van der Waals surface area contributed by atoms with E-state index in [1.165, 1.54) is 19.1 Å². The third-order valence-corrected chi connectivity index (χ3v) is 6.87. The molecule has 7 heteroatoms. The lowest BCUT2D eigenvalue weighted by Gasteiger charge is -2.09. The number of carbonyl (C=O) groups excluding carboxylic acids is 1. The van der Waals surface area contributed by atoms with Crippen LogP contribution in [0.5, 0.6) is 0 Å². The van der Waals surface area contributed by atoms with E-state index in [2.05, 4.69) is 15.8 Å². The van der Waals surface area contributed by atoms with Crippen molar-refractivity contribution in [1.82, 2.24) is 4.98 Å². The summed E-state index contributed by atoms with van der Waals surface area (Å²) in [7, 11) is -3.77. The zero-order valence-electron chi connectivity index (χ0n) is 15.6. The summed E-state index contributed by atoms with van der Waals surface area (Å²) in [5.41, 5.74) is 2.86. The first kappa shape index (κ1) is 19.3. The smallest absolute Gasteiger partial charge is 0.261 e. The predicted molar refractivity (Wildman–Crippen MR) is 116 cm³/mol. The Bertz CT molecular complexity index is 1260.